The average molecular weight is 1450 g/mol. The van der Waals surface area contributed by atoms with Gasteiger partial charge in [0.25, 0.3) is 0 Å². The fraction of sp³-hybridized carbons (Fsp3) is 0.897. The molecule has 33 heteroatoms. The number of hydrogen-bond acceptors (Lipinski definition) is 32. The molecule has 6 aliphatic heterocycles. The minimum absolute atomic E-state index is 0.111. The molecule has 0 spiro atoms. The van der Waals surface area contributed by atoms with Gasteiger partial charge in [-0.1, -0.05) is 53.2 Å². The lowest BCUT2D eigenvalue weighted by molar-refractivity contribution is -0.391. The predicted molar refractivity (Wildman–Crippen MR) is 333 cm³/mol. The number of allylic oxidation sites excluding steroid dienone is 2. The molecule has 6 heterocycles. The van der Waals surface area contributed by atoms with Crippen molar-refractivity contribution in [3.63, 3.8) is 0 Å². The van der Waals surface area contributed by atoms with E-state index < -0.39 is 261 Å². The fourth-order valence-corrected chi connectivity index (χ4v) is 19.3. The zero-order valence-corrected chi connectivity index (χ0v) is 58.3. The van der Waals surface area contributed by atoms with E-state index in [2.05, 4.69) is 40.7 Å². The monoisotopic (exact) mass is 1450 g/mol. The number of carboxylic acids is 1. The molecular formula is C68H104O33. The fourth-order valence-electron chi connectivity index (χ4n) is 19.3. The molecule has 0 radical (unpaired) electrons. The maximum absolute atomic E-state index is 15.9. The van der Waals surface area contributed by atoms with Crippen LogP contribution in [0, 0.1) is 50.2 Å². The largest absolute Gasteiger partial charge is 0.479 e. The summed E-state index contributed by atoms with van der Waals surface area (Å²) in [6, 6.07) is 0. The molecule has 11 rings (SSSR count). The van der Waals surface area contributed by atoms with Gasteiger partial charge in [0.15, 0.2) is 55.9 Å². The van der Waals surface area contributed by atoms with Crippen LogP contribution in [-0.4, -0.2) is 300 Å². The first-order chi connectivity index (χ1) is 47.3. The summed E-state index contributed by atoms with van der Waals surface area (Å²) in [4.78, 5) is 68.9. The molecule has 0 bridgehead atoms. The van der Waals surface area contributed by atoms with E-state index in [1.165, 1.54) is 13.8 Å². The number of aldehydes is 1. The van der Waals surface area contributed by atoms with Crippen LogP contribution < -0.4 is 0 Å². The molecule has 0 aromatic rings. The van der Waals surface area contributed by atoms with E-state index >= 15 is 4.79 Å². The highest BCUT2D eigenvalue weighted by Crippen LogP contribution is 2.76. The quantitative estimate of drug-likeness (QED) is 0.0233. The molecule has 4 saturated carbocycles. The summed E-state index contributed by atoms with van der Waals surface area (Å²) in [7, 11) is 0. The second-order valence-electron chi connectivity index (χ2n) is 31.8. The number of aliphatic carboxylic acids is 1. The Morgan fingerprint density at radius 1 is 0.525 bits per heavy atom. The molecule has 33 nitrogen and oxygen atoms in total. The third-order valence-corrected chi connectivity index (χ3v) is 25.3. The number of ether oxygens (including phenoxy) is 14. The third kappa shape index (κ3) is 13.9. The van der Waals surface area contributed by atoms with Crippen molar-refractivity contribution in [1.29, 1.82) is 0 Å². The van der Waals surface area contributed by atoms with Gasteiger partial charge >= 0.3 is 23.9 Å². The van der Waals surface area contributed by atoms with Crippen LogP contribution >= 0.6 is 0 Å². The molecule has 6 saturated heterocycles. The summed E-state index contributed by atoms with van der Waals surface area (Å²) in [5, 5.41) is 151. The highest BCUT2D eigenvalue weighted by molar-refractivity contribution is 5.79. The number of carbonyl (C=O) groups is 5. The van der Waals surface area contributed by atoms with Gasteiger partial charge in [0, 0.05) is 13.8 Å². The minimum Gasteiger partial charge on any atom is -0.479 e. The molecule has 37 atom stereocenters. The maximum Gasteiger partial charge on any atom is 0.335 e. The van der Waals surface area contributed by atoms with E-state index in [9.17, 15) is 90.7 Å². The van der Waals surface area contributed by atoms with Crippen LogP contribution in [0.25, 0.3) is 0 Å². The number of hydrogen-bond donors (Lipinski definition) is 14. The first-order valence-electron chi connectivity index (χ1n) is 35.2. The highest BCUT2D eigenvalue weighted by atomic mass is 16.8. The molecule has 11 aliphatic rings. The van der Waals surface area contributed by atoms with Crippen LogP contribution in [-0.2, 0) is 90.3 Å². The van der Waals surface area contributed by atoms with Crippen molar-refractivity contribution in [3.05, 3.63) is 11.6 Å². The molecule has 101 heavy (non-hydrogen) atoms. The van der Waals surface area contributed by atoms with Crippen LogP contribution in [0.5, 0.6) is 0 Å². The molecule has 2 unspecified atom stereocenters. The standard InChI is InChI=1S/C68H104O33/c1-26-48(96-56-43(80)38(75)32(73)23-88-56)42(79)46(83)58(90-26)100-54-52(93-29(4)72)49(92-28(3)71)27(2)91-60(54)101-62(87)68-19-17-63(5,6)21-31(68)30-11-12-36-64(7)15-14-37(65(8,25-70)35(64)13-16-67(36,10)66(30,9)18-20-68)95-61-53(99-59-45(82)41(78)40(77)34(22-69)94-59)50(47(84)51(98-61)55(85)86)97-57-44(81)39(76)33(74)24-89-57/h11,25-27,31-54,56-61,69,73-84H,12-24H2,1-10H3,(H,85,86)/t26-,27+,31-,32+,33+,34+,35?,36?,37-,38-,39-,40-,41-,42-,43+,44+,45+,46+,47-,48-,49-,50-,51-,52-,53+,54+,56-,57-,58-,59-,60-,61+,64-,65-,66+,67+,68-/m0/s1. The Morgan fingerprint density at radius 3 is 1.65 bits per heavy atom. The normalized spacial score (nSPS) is 52.0. The van der Waals surface area contributed by atoms with Gasteiger partial charge in [0.2, 0.25) is 6.29 Å². The number of carbonyl (C=O) groups excluding carboxylic acids is 4. The maximum atomic E-state index is 15.9. The average Bonchev–Trinajstić information content (AvgIpc) is 0.675. The van der Waals surface area contributed by atoms with Gasteiger partial charge in [-0.05, 0) is 117 Å². The molecular weight excluding hydrogens is 1340 g/mol. The van der Waals surface area contributed by atoms with Crippen molar-refractivity contribution in [2.75, 3.05) is 19.8 Å². The van der Waals surface area contributed by atoms with E-state index in [0.29, 0.717) is 57.8 Å². The van der Waals surface area contributed by atoms with Crippen molar-refractivity contribution in [2.24, 2.45) is 50.2 Å². The van der Waals surface area contributed by atoms with Crippen molar-refractivity contribution in [2.45, 2.75) is 312 Å². The number of aliphatic hydroxyl groups is 13. The zero-order chi connectivity index (χ0) is 73.9. The van der Waals surface area contributed by atoms with Crippen LogP contribution in [0.2, 0.25) is 0 Å². The lowest BCUT2D eigenvalue weighted by Gasteiger charge is -2.71. The van der Waals surface area contributed by atoms with Crippen molar-refractivity contribution >= 4 is 30.2 Å². The molecule has 14 N–H and O–H groups in total. The highest BCUT2D eigenvalue weighted by Gasteiger charge is 2.72. The number of fused-ring (bicyclic) bond motifs is 7. The number of carboxylic acid groups (broad SMARTS) is 1. The molecule has 5 aliphatic carbocycles. The summed E-state index contributed by atoms with van der Waals surface area (Å²) in [6.45, 7) is 16.0. The summed E-state index contributed by atoms with van der Waals surface area (Å²) in [5.41, 5.74) is -3.51. The van der Waals surface area contributed by atoms with E-state index in [0.717, 1.165) is 25.7 Å². The molecule has 0 amide bonds. The third-order valence-electron chi connectivity index (χ3n) is 25.3. The minimum atomic E-state index is -2.20. The first kappa shape index (κ1) is 78.4. The van der Waals surface area contributed by atoms with E-state index in [-0.39, 0.29) is 17.8 Å². The zero-order valence-electron chi connectivity index (χ0n) is 58.3. The summed E-state index contributed by atoms with van der Waals surface area (Å²) in [5.74, 6) is -4.99. The van der Waals surface area contributed by atoms with E-state index in [4.69, 9.17) is 66.3 Å². The Kier molecular flexibility index (Phi) is 22.9. The van der Waals surface area contributed by atoms with E-state index in [1.54, 1.807) is 6.92 Å². The van der Waals surface area contributed by atoms with Crippen LogP contribution in [0.15, 0.2) is 11.6 Å². The summed E-state index contributed by atoms with van der Waals surface area (Å²) in [6.07, 6.45) is -42.6. The lowest BCUT2D eigenvalue weighted by atomic mass is 9.33. The second-order valence-corrected chi connectivity index (χ2v) is 31.8. The Hall–Kier alpha value is -3.67. The van der Waals surface area contributed by atoms with Crippen molar-refractivity contribution < 1.29 is 162 Å². The Bertz CT molecular complexity index is 3010. The van der Waals surface area contributed by atoms with E-state index in [1.807, 2.05) is 0 Å². The Labute approximate surface area is 583 Å². The Balaban J connectivity index is 0.870. The second kappa shape index (κ2) is 29.5. The van der Waals surface area contributed by atoms with Gasteiger partial charge in [-0.25, -0.2) is 4.79 Å². The Morgan fingerprint density at radius 2 is 1.06 bits per heavy atom. The first-order valence-corrected chi connectivity index (χ1v) is 35.2. The predicted octanol–water partition coefficient (Wildman–Crippen LogP) is -2.64. The number of esters is 3. The number of aliphatic hydroxyl groups excluding tert-OH is 13. The van der Waals surface area contributed by atoms with Crippen LogP contribution in [0.3, 0.4) is 0 Å². The van der Waals surface area contributed by atoms with Gasteiger partial charge in [0.1, 0.15) is 104 Å². The lowest BCUT2D eigenvalue weighted by Crippen LogP contribution is -2.69. The van der Waals surface area contributed by atoms with Crippen LogP contribution in [0.4, 0.5) is 0 Å². The van der Waals surface area contributed by atoms with Crippen molar-refractivity contribution in [1.82, 2.24) is 0 Å². The summed E-state index contributed by atoms with van der Waals surface area (Å²) >= 11 is 0. The summed E-state index contributed by atoms with van der Waals surface area (Å²) < 4.78 is 84.7. The van der Waals surface area contributed by atoms with Gasteiger partial charge in [0.05, 0.1) is 49.0 Å². The molecule has 0 aromatic carbocycles. The van der Waals surface area contributed by atoms with Gasteiger partial charge in [-0.3, -0.25) is 14.4 Å². The SMILES string of the molecule is CC(=O)O[C@H]1[C@@H](OC(C)=O)[C@@H](C)O[C@@H](OC(=O)[C@]23CCC(C)(C)C[C@H]2C2=CCC4[C@@]5(C)CC[C@H](O[C@@H]6O[C@H](C(=O)O)[C@@H](O)[C@H](O[C@@H]7OC[C@@H](O)[C@H](O)[C@H]7O)[C@H]6O[C@@H]6O[C@H](CO)[C@H](O)[C@H](O)[C@H]6O)[C@@](C)(C=O)C5CC[C@@]4(C)[C@]2(C)CC3)[C@@H]1O[C@@H]1O[C@@H](C)[C@H](O[C@@H]2OC[C@@H](O)[C@H](O)[C@H]2O)[C@@H](O)[C@H]1O. The van der Waals surface area contributed by atoms with Gasteiger partial charge in [-0.2, -0.15) is 0 Å². The number of rotatable bonds is 17. The van der Waals surface area contributed by atoms with Gasteiger partial charge < -0.3 is 143 Å². The molecule has 10 fully saturated rings. The topological polar surface area (TPSA) is 498 Å². The molecule has 0 aromatic heterocycles. The van der Waals surface area contributed by atoms with Gasteiger partial charge in [-0.15, -0.1) is 0 Å². The molecule has 574 valence electrons. The van der Waals surface area contributed by atoms with Crippen LogP contribution in [0.1, 0.15) is 133 Å². The van der Waals surface area contributed by atoms with Crippen molar-refractivity contribution in [3.8, 4) is 0 Å². The smallest absolute Gasteiger partial charge is 0.335 e.